The summed E-state index contributed by atoms with van der Waals surface area (Å²) < 4.78 is 12.1. The molecule has 4 rings (SSSR count). The Morgan fingerprint density at radius 1 is 1.27 bits per heavy atom. The molecule has 0 radical (unpaired) electrons. The van der Waals surface area contributed by atoms with Crippen molar-refractivity contribution >= 4 is 5.91 Å². The van der Waals surface area contributed by atoms with Gasteiger partial charge in [-0.25, -0.2) is 0 Å². The number of hydrogen-bond donors (Lipinski definition) is 0. The number of carbonyl (C=O) groups is 1. The lowest BCUT2D eigenvalue weighted by molar-refractivity contribution is -0.129. The summed E-state index contributed by atoms with van der Waals surface area (Å²) in [4.78, 5) is 14.5. The van der Waals surface area contributed by atoms with Crippen LogP contribution in [0.15, 0.2) is 24.3 Å². The molecule has 5 nitrogen and oxygen atoms in total. The van der Waals surface area contributed by atoms with E-state index in [4.69, 9.17) is 14.7 Å². The Bertz CT molecular complexity index is 699. The van der Waals surface area contributed by atoms with E-state index in [0.717, 1.165) is 32.2 Å². The Morgan fingerprint density at radius 3 is 2.85 bits per heavy atom. The van der Waals surface area contributed by atoms with E-state index in [-0.39, 0.29) is 11.5 Å². The number of carbonyl (C=O) groups excluding carboxylic acids is 1. The van der Waals surface area contributed by atoms with Crippen LogP contribution in [0.1, 0.15) is 48.0 Å². The molecule has 5 heteroatoms. The molecule has 1 atom stereocenters. The van der Waals surface area contributed by atoms with Gasteiger partial charge in [0.2, 0.25) is 0 Å². The first-order valence-electron chi connectivity index (χ1n) is 9.71. The van der Waals surface area contributed by atoms with E-state index in [2.05, 4.69) is 6.07 Å². The van der Waals surface area contributed by atoms with Crippen molar-refractivity contribution in [3.8, 4) is 6.07 Å². The van der Waals surface area contributed by atoms with E-state index in [1.807, 2.05) is 4.90 Å². The highest BCUT2D eigenvalue weighted by molar-refractivity contribution is 5.95. The molecule has 2 saturated heterocycles. The van der Waals surface area contributed by atoms with Gasteiger partial charge in [-0.05, 0) is 43.4 Å². The van der Waals surface area contributed by atoms with E-state index >= 15 is 0 Å². The number of likely N-dealkylation sites (tertiary alicyclic amines) is 1. The van der Waals surface area contributed by atoms with Gasteiger partial charge < -0.3 is 14.4 Å². The highest BCUT2D eigenvalue weighted by Crippen LogP contribution is 2.41. The number of rotatable bonds is 5. The summed E-state index contributed by atoms with van der Waals surface area (Å²) in [6.07, 6.45) is 6.30. The van der Waals surface area contributed by atoms with Gasteiger partial charge in [0.05, 0.1) is 31.3 Å². The van der Waals surface area contributed by atoms with Crippen molar-refractivity contribution < 1.29 is 14.3 Å². The molecule has 0 N–H and O–H groups in total. The van der Waals surface area contributed by atoms with Crippen LogP contribution in [-0.4, -0.2) is 49.3 Å². The van der Waals surface area contributed by atoms with Crippen molar-refractivity contribution in [2.24, 2.45) is 11.8 Å². The van der Waals surface area contributed by atoms with Gasteiger partial charge in [0.15, 0.2) is 0 Å². The first-order chi connectivity index (χ1) is 12.7. The molecule has 3 fully saturated rings. The van der Waals surface area contributed by atoms with Crippen LogP contribution in [0.3, 0.4) is 0 Å². The van der Waals surface area contributed by atoms with Gasteiger partial charge in [-0.2, -0.15) is 5.26 Å². The maximum atomic E-state index is 12.7. The molecular formula is C21H26N2O3. The van der Waals surface area contributed by atoms with Crippen LogP contribution in [-0.2, 0) is 9.47 Å². The Morgan fingerprint density at radius 2 is 2.08 bits per heavy atom. The highest BCUT2D eigenvalue weighted by atomic mass is 16.5. The average molecular weight is 354 g/mol. The summed E-state index contributed by atoms with van der Waals surface area (Å²) in [5, 5.41) is 9.01. The molecule has 2 heterocycles. The summed E-state index contributed by atoms with van der Waals surface area (Å²) in [5.41, 5.74) is 0.866. The van der Waals surface area contributed by atoms with Gasteiger partial charge in [-0.3, -0.25) is 4.79 Å². The minimum atomic E-state index is -0.224. The van der Waals surface area contributed by atoms with Crippen molar-refractivity contribution in [1.29, 1.82) is 5.26 Å². The third-order valence-electron chi connectivity index (χ3n) is 6.19. The molecule has 1 amide bonds. The van der Waals surface area contributed by atoms with Crippen LogP contribution in [0.4, 0.5) is 0 Å². The van der Waals surface area contributed by atoms with Crippen molar-refractivity contribution in [1.82, 2.24) is 4.90 Å². The number of ether oxygens (including phenoxy) is 2. The zero-order valence-electron chi connectivity index (χ0n) is 15.2. The van der Waals surface area contributed by atoms with E-state index < -0.39 is 0 Å². The smallest absolute Gasteiger partial charge is 0.254 e. The lowest BCUT2D eigenvalue weighted by Crippen LogP contribution is -2.66. The monoisotopic (exact) mass is 354 g/mol. The third-order valence-corrected chi connectivity index (χ3v) is 6.19. The summed E-state index contributed by atoms with van der Waals surface area (Å²) >= 11 is 0. The molecule has 1 aliphatic carbocycles. The van der Waals surface area contributed by atoms with E-state index in [1.54, 1.807) is 24.3 Å². The number of nitrogens with zero attached hydrogens (tertiary/aromatic N) is 2. The molecule has 3 aliphatic rings. The first kappa shape index (κ1) is 17.5. The standard InChI is InChI=1S/C21H26N2O3/c22-11-17-6-3-7-18(10-17)20(24)23-14-21(15-23)19(8-9-26-21)13-25-12-16-4-1-2-5-16/h3,6-7,10,16,19H,1-2,4-5,8-9,12-15H2/t19-/m1/s1. The number of nitriles is 1. The van der Waals surface area contributed by atoms with Crippen LogP contribution < -0.4 is 0 Å². The van der Waals surface area contributed by atoms with Gasteiger partial charge >= 0.3 is 0 Å². The van der Waals surface area contributed by atoms with Crippen molar-refractivity contribution in [3.63, 3.8) is 0 Å². The number of hydrogen-bond acceptors (Lipinski definition) is 4. The van der Waals surface area contributed by atoms with Crippen LogP contribution in [0, 0.1) is 23.2 Å². The Kier molecular flexibility index (Phi) is 4.97. The molecule has 1 aromatic rings. The molecule has 1 spiro atoms. The molecule has 1 aromatic carbocycles. The Hall–Kier alpha value is -1.90. The lowest BCUT2D eigenvalue weighted by Gasteiger charge is -2.50. The average Bonchev–Trinajstić information content (AvgIpc) is 3.30. The Balaban J connectivity index is 1.31. The van der Waals surface area contributed by atoms with Crippen LogP contribution >= 0.6 is 0 Å². The minimum Gasteiger partial charge on any atom is -0.381 e. The van der Waals surface area contributed by atoms with Crippen LogP contribution in [0.5, 0.6) is 0 Å². The van der Waals surface area contributed by atoms with Gasteiger partial charge in [0.25, 0.3) is 5.91 Å². The summed E-state index contributed by atoms with van der Waals surface area (Å²) in [5.74, 6) is 1.09. The lowest BCUT2D eigenvalue weighted by atomic mass is 9.81. The largest absolute Gasteiger partial charge is 0.381 e. The predicted octanol–water partition coefficient (Wildman–Crippen LogP) is 3.00. The second-order valence-corrected chi connectivity index (χ2v) is 7.94. The second-order valence-electron chi connectivity index (χ2n) is 7.94. The third kappa shape index (κ3) is 3.36. The quantitative estimate of drug-likeness (QED) is 0.815. The fourth-order valence-electron chi connectivity index (χ4n) is 4.57. The highest BCUT2D eigenvalue weighted by Gasteiger charge is 2.54. The van der Waals surface area contributed by atoms with Gasteiger partial charge in [-0.15, -0.1) is 0 Å². The molecule has 26 heavy (non-hydrogen) atoms. The summed E-state index contributed by atoms with van der Waals surface area (Å²) in [7, 11) is 0. The van der Waals surface area contributed by atoms with E-state index in [1.165, 1.54) is 25.7 Å². The van der Waals surface area contributed by atoms with E-state index in [0.29, 0.717) is 30.1 Å². The van der Waals surface area contributed by atoms with Gasteiger partial charge in [0, 0.05) is 24.7 Å². The molecule has 1 saturated carbocycles. The van der Waals surface area contributed by atoms with E-state index in [9.17, 15) is 4.79 Å². The molecular weight excluding hydrogens is 328 g/mol. The summed E-state index contributed by atoms with van der Waals surface area (Å²) in [6.45, 7) is 3.61. The zero-order valence-corrected chi connectivity index (χ0v) is 15.2. The molecule has 138 valence electrons. The topological polar surface area (TPSA) is 62.6 Å². The van der Waals surface area contributed by atoms with Crippen molar-refractivity contribution in [2.45, 2.75) is 37.7 Å². The molecule has 0 aromatic heterocycles. The van der Waals surface area contributed by atoms with Crippen LogP contribution in [0.2, 0.25) is 0 Å². The summed E-state index contributed by atoms with van der Waals surface area (Å²) in [6, 6.07) is 8.99. The van der Waals surface area contributed by atoms with Gasteiger partial charge in [-0.1, -0.05) is 18.9 Å². The maximum Gasteiger partial charge on any atom is 0.254 e. The molecule has 0 unspecified atom stereocenters. The zero-order chi connectivity index (χ0) is 18.0. The van der Waals surface area contributed by atoms with Crippen molar-refractivity contribution in [2.75, 3.05) is 32.9 Å². The first-order valence-corrected chi connectivity index (χ1v) is 9.71. The predicted molar refractivity (Wildman–Crippen MR) is 96.6 cm³/mol. The normalized spacial score (nSPS) is 24.6. The van der Waals surface area contributed by atoms with Gasteiger partial charge in [0.1, 0.15) is 5.60 Å². The molecule has 0 bridgehead atoms. The number of amides is 1. The fourth-order valence-corrected chi connectivity index (χ4v) is 4.57. The Labute approximate surface area is 154 Å². The SMILES string of the molecule is N#Cc1cccc(C(=O)N2CC3(C2)OCC[C@@H]3COCC2CCCC2)c1. The number of benzene rings is 1. The minimum absolute atomic E-state index is 0.0196. The maximum absolute atomic E-state index is 12.7. The van der Waals surface area contributed by atoms with Crippen LogP contribution in [0.25, 0.3) is 0 Å². The molecule has 2 aliphatic heterocycles. The fraction of sp³-hybridized carbons (Fsp3) is 0.619. The van der Waals surface area contributed by atoms with Crippen molar-refractivity contribution in [3.05, 3.63) is 35.4 Å². The second kappa shape index (κ2) is 7.38.